The van der Waals surface area contributed by atoms with Gasteiger partial charge in [-0.05, 0) is 23.8 Å². The lowest BCUT2D eigenvalue weighted by Crippen LogP contribution is -2.28. The third-order valence-corrected chi connectivity index (χ3v) is 2.30. The topological polar surface area (TPSA) is 55.6 Å². The Morgan fingerprint density at radius 1 is 1.57 bits per heavy atom. The van der Waals surface area contributed by atoms with Crippen LogP contribution in [0, 0.1) is 0 Å². The maximum atomic E-state index is 11.5. The molecule has 1 aromatic carbocycles. The van der Waals surface area contributed by atoms with Crippen molar-refractivity contribution in [1.82, 2.24) is 0 Å². The molecule has 0 aliphatic carbocycles. The fraction of sp³-hybridized carbons (Fsp3) is 0.300. The van der Waals surface area contributed by atoms with E-state index in [0.29, 0.717) is 18.8 Å². The van der Waals surface area contributed by atoms with Gasteiger partial charge in [0.05, 0.1) is 6.42 Å². The fourth-order valence-electron chi connectivity index (χ4n) is 1.67. The Balaban J connectivity index is 2.37. The van der Waals surface area contributed by atoms with Gasteiger partial charge in [-0.3, -0.25) is 9.69 Å². The number of methoxy groups -OCH3 is 1. The minimum atomic E-state index is 0.0625. The van der Waals surface area contributed by atoms with Gasteiger partial charge in [0, 0.05) is 18.5 Å². The first-order valence-corrected chi connectivity index (χ1v) is 4.40. The largest absolute Gasteiger partial charge is 0.399 e. The normalized spacial score (nSPS) is 14.6. The molecule has 1 aromatic rings. The second kappa shape index (κ2) is 3.31. The summed E-state index contributed by atoms with van der Waals surface area (Å²) in [5, 5.41) is 0. The van der Waals surface area contributed by atoms with E-state index in [1.807, 2.05) is 12.1 Å². The van der Waals surface area contributed by atoms with Crippen molar-refractivity contribution in [2.75, 3.05) is 24.5 Å². The summed E-state index contributed by atoms with van der Waals surface area (Å²) in [6.07, 6.45) is 0.420. The highest BCUT2D eigenvalue weighted by atomic mass is 16.5. The maximum absolute atomic E-state index is 11.5. The van der Waals surface area contributed by atoms with Crippen LogP contribution in [0.25, 0.3) is 0 Å². The molecule has 0 saturated heterocycles. The number of benzene rings is 1. The van der Waals surface area contributed by atoms with E-state index >= 15 is 0 Å². The summed E-state index contributed by atoms with van der Waals surface area (Å²) in [5.41, 5.74) is 8.21. The lowest BCUT2D eigenvalue weighted by atomic mass is 10.1. The van der Waals surface area contributed by atoms with Gasteiger partial charge < -0.3 is 10.5 Å². The average molecular weight is 192 g/mol. The highest BCUT2D eigenvalue weighted by Gasteiger charge is 2.26. The number of fused-ring (bicyclic) bond motifs is 1. The molecule has 4 nitrogen and oxygen atoms in total. The lowest BCUT2D eigenvalue weighted by Gasteiger charge is -2.15. The average Bonchev–Trinajstić information content (AvgIpc) is 2.43. The molecule has 1 amide bonds. The molecular formula is C10H12N2O2. The highest BCUT2D eigenvalue weighted by Crippen LogP contribution is 2.29. The predicted octanol–water partition coefficient (Wildman–Crippen LogP) is 0.762. The Bertz CT molecular complexity index is 376. The van der Waals surface area contributed by atoms with E-state index in [-0.39, 0.29) is 5.91 Å². The highest BCUT2D eigenvalue weighted by molar-refractivity contribution is 6.01. The van der Waals surface area contributed by atoms with Crippen molar-refractivity contribution in [3.8, 4) is 0 Å². The summed E-state index contributed by atoms with van der Waals surface area (Å²) < 4.78 is 4.96. The number of carbonyl (C=O) groups excluding carboxylic acids is 1. The number of ether oxygens (including phenoxy) is 1. The Morgan fingerprint density at radius 3 is 3.07 bits per heavy atom. The molecule has 14 heavy (non-hydrogen) atoms. The fourth-order valence-corrected chi connectivity index (χ4v) is 1.67. The summed E-state index contributed by atoms with van der Waals surface area (Å²) >= 11 is 0. The van der Waals surface area contributed by atoms with Gasteiger partial charge in [0.2, 0.25) is 5.91 Å². The van der Waals surface area contributed by atoms with Gasteiger partial charge in [0.15, 0.2) is 0 Å². The van der Waals surface area contributed by atoms with Gasteiger partial charge >= 0.3 is 0 Å². The number of hydrogen-bond donors (Lipinski definition) is 1. The number of hydrogen-bond acceptors (Lipinski definition) is 3. The monoisotopic (exact) mass is 192 g/mol. The van der Waals surface area contributed by atoms with Gasteiger partial charge in [-0.25, -0.2) is 0 Å². The standard InChI is InChI=1S/C10H12N2O2/c1-14-6-12-9-3-2-8(11)4-7(9)5-10(12)13/h2-4H,5-6,11H2,1H3. The van der Waals surface area contributed by atoms with E-state index in [4.69, 9.17) is 10.5 Å². The van der Waals surface area contributed by atoms with Crippen LogP contribution in [0.2, 0.25) is 0 Å². The number of nitrogens with zero attached hydrogens (tertiary/aromatic N) is 1. The maximum Gasteiger partial charge on any atom is 0.233 e. The zero-order valence-corrected chi connectivity index (χ0v) is 7.99. The van der Waals surface area contributed by atoms with Crippen molar-refractivity contribution in [2.24, 2.45) is 0 Å². The van der Waals surface area contributed by atoms with E-state index in [2.05, 4.69) is 0 Å². The van der Waals surface area contributed by atoms with Gasteiger partial charge in [-0.2, -0.15) is 0 Å². The first kappa shape index (κ1) is 9.02. The molecule has 0 bridgehead atoms. The van der Waals surface area contributed by atoms with Crippen LogP contribution in [-0.2, 0) is 16.0 Å². The smallest absolute Gasteiger partial charge is 0.233 e. The Morgan fingerprint density at radius 2 is 2.36 bits per heavy atom. The van der Waals surface area contributed by atoms with Crippen molar-refractivity contribution in [3.05, 3.63) is 23.8 Å². The molecular weight excluding hydrogens is 180 g/mol. The Labute approximate surface area is 82.3 Å². The van der Waals surface area contributed by atoms with Crippen molar-refractivity contribution in [2.45, 2.75) is 6.42 Å². The molecule has 0 spiro atoms. The first-order valence-electron chi connectivity index (χ1n) is 4.40. The lowest BCUT2D eigenvalue weighted by molar-refractivity contribution is -0.118. The second-order valence-electron chi connectivity index (χ2n) is 3.30. The van der Waals surface area contributed by atoms with Crippen molar-refractivity contribution in [3.63, 3.8) is 0 Å². The first-order chi connectivity index (χ1) is 6.72. The molecule has 0 aromatic heterocycles. The molecule has 74 valence electrons. The van der Waals surface area contributed by atoms with E-state index < -0.39 is 0 Å². The van der Waals surface area contributed by atoms with Crippen LogP contribution in [0.15, 0.2) is 18.2 Å². The molecule has 2 N–H and O–H groups in total. The summed E-state index contributed by atoms with van der Waals surface area (Å²) in [6.45, 7) is 0.301. The van der Waals surface area contributed by atoms with Crippen LogP contribution >= 0.6 is 0 Å². The molecule has 0 unspecified atom stereocenters. The minimum Gasteiger partial charge on any atom is -0.399 e. The van der Waals surface area contributed by atoms with Crippen LogP contribution in [0.1, 0.15) is 5.56 Å². The predicted molar refractivity (Wildman–Crippen MR) is 53.9 cm³/mol. The quantitative estimate of drug-likeness (QED) is 0.704. The van der Waals surface area contributed by atoms with Crippen molar-refractivity contribution >= 4 is 17.3 Å². The minimum absolute atomic E-state index is 0.0625. The molecule has 1 aliphatic rings. The SMILES string of the molecule is COCN1C(=O)Cc2cc(N)ccc21. The van der Waals surface area contributed by atoms with Gasteiger partial charge in [0.1, 0.15) is 6.73 Å². The molecule has 4 heteroatoms. The van der Waals surface area contributed by atoms with Gasteiger partial charge in [-0.15, -0.1) is 0 Å². The zero-order chi connectivity index (χ0) is 10.1. The van der Waals surface area contributed by atoms with E-state index in [9.17, 15) is 4.79 Å². The third-order valence-electron chi connectivity index (χ3n) is 2.30. The third kappa shape index (κ3) is 1.33. The van der Waals surface area contributed by atoms with Crippen LogP contribution in [0.3, 0.4) is 0 Å². The van der Waals surface area contributed by atoms with Crippen LogP contribution in [-0.4, -0.2) is 19.7 Å². The molecule has 0 fully saturated rings. The van der Waals surface area contributed by atoms with Crippen molar-refractivity contribution < 1.29 is 9.53 Å². The second-order valence-corrected chi connectivity index (χ2v) is 3.30. The van der Waals surface area contributed by atoms with Crippen molar-refractivity contribution in [1.29, 1.82) is 0 Å². The van der Waals surface area contributed by atoms with Crippen LogP contribution in [0.5, 0.6) is 0 Å². The number of anilines is 2. The van der Waals surface area contributed by atoms with Crippen LogP contribution < -0.4 is 10.6 Å². The number of carbonyl (C=O) groups is 1. The van der Waals surface area contributed by atoms with E-state index in [1.165, 1.54) is 0 Å². The summed E-state index contributed by atoms with van der Waals surface area (Å²) in [5.74, 6) is 0.0625. The van der Waals surface area contributed by atoms with E-state index in [0.717, 1.165) is 11.3 Å². The number of rotatable bonds is 2. The number of amides is 1. The van der Waals surface area contributed by atoms with Gasteiger partial charge in [0.25, 0.3) is 0 Å². The van der Waals surface area contributed by atoms with Gasteiger partial charge in [-0.1, -0.05) is 0 Å². The Hall–Kier alpha value is -1.55. The Kier molecular flexibility index (Phi) is 2.13. The molecule has 0 saturated carbocycles. The number of nitrogens with two attached hydrogens (primary N) is 1. The molecule has 1 aliphatic heterocycles. The zero-order valence-electron chi connectivity index (χ0n) is 7.99. The summed E-state index contributed by atoms with van der Waals surface area (Å²) in [4.78, 5) is 13.2. The van der Waals surface area contributed by atoms with Crippen LogP contribution in [0.4, 0.5) is 11.4 Å². The molecule has 2 rings (SSSR count). The van der Waals surface area contributed by atoms with E-state index in [1.54, 1.807) is 18.1 Å². The summed E-state index contributed by atoms with van der Waals surface area (Å²) in [7, 11) is 1.57. The molecule has 0 atom stereocenters. The molecule has 0 radical (unpaired) electrons. The summed E-state index contributed by atoms with van der Waals surface area (Å²) in [6, 6.07) is 5.48. The molecule has 1 heterocycles. The number of nitrogen functional groups attached to an aromatic ring is 1.